The number of carbonyl (C=O) groups excluding carboxylic acids is 2. The number of carbonyl (C=O) groups is 2. The fourth-order valence-corrected chi connectivity index (χ4v) is 5.02. The molecule has 0 bridgehead atoms. The first-order valence-electron chi connectivity index (χ1n) is 11.7. The van der Waals surface area contributed by atoms with E-state index in [9.17, 15) is 14.0 Å². The number of hydrogen-bond donors (Lipinski definition) is 1. The van der Waals surface area contributed by atoms with Crippen LogP contribution in [0, 0.1) is 5.82 Å². The van der Waals surface area contributed by atoms with Gasteiger partial charge in [-0.1, -0.05) is 18.2 Å². The lowest BCUT2D eigenvalue weighted by Crippen LogP contribution is -2.40. The van der Waals surface area contributed by atoms with Crippen LogP contribution in [0.25, 0.3) is 22.8 Å². The lowest BCUT2D eigenvalue weighted by Gasteiger charge is -2.18. The van der Waals surface area contributed by atoms with Crippen molar-refractivity contribution in [2.45, 2.75) is 25.9 Å². The quantitative estimate of drug-likeness (QED) is 0.262. The predicted molar refractivity (Wildman–Crippen MR) is 149 cm³/mol. The molecule has 0 saturated carbocycles. The SMILES string of the molecule is CSCCC(NC(=O)c1ccc(/C=C(/Cn2ccnc2)c2nccs2)cc1-c1ccc(F)cc1)C(C)=O. The largest absolute Gasteiger partial charge is 0.342 e. The number of nitrogens with zero attached hydrogens (tertiary/aromatic N) is 3. The fraction of sp³-hybridized carbons (Fsp3) is 0.214. The average Bonchev–Trinajstić information content (AvgIpc) is 3.61. The van der Waals surface area contributed by atoms with E-state index in [2.05, 4.69) is 15.3 Å². The van der Waals surface area contributed by atoms with E-state index in [1.54, 1.807) is 60.0 Å². The number of rotatable bonds is 11. The summed E-state index contributed by atoms with van der Waals surface area (Å²) in [7, 11) is 0. The zero-order chi connectivity index (χ0) is 26.2. The van der Waals surface area contributed by atoms with Crippen LogP contribution in [-0.4, -0.2) is 44.3 Å². The van der Waals surface area contributed by atoms with Crippen molar-refractivity contribution in [1.29, 1.82) is 0 Å². The number of thiazole rings is 1. The van der Waals surface area contributed by atoms with Crippen LogP contribution in [0.5, 0.6) is 0 Å². The van der Waals surface area contributed by atoms with E-state index in [0.717, 1.165) is 21.9 Å². The highest BCUT2D eigenvalue weighted by molar-refractivity contribution is 7.98. The molecule has 9 heteroatoms. The third-order valence-corrected chi connectivity index (χ3v) is 7.30. The molecule has 6 nitrogen and oxygen atoms in total. The molecule has 1 atom stereocenters. The number of ketones is 1. The molecule has 37 heavy (non-hydrogen) atoms. The second-order valence-electron chi connectivity index (χ2n) is 8.47. The van der Waals surface area contributed by atoms with Gasteiger partial charge < -0.3 is 9.88 Å². The van der Waals surface area contributed by atoms with Gasteiger partial charge in [0, 0.05) is 35.1 Å². The maximum atomic E-state index is 13.7. The molecule has 0 saturated heterocycles. The highest BCUT2D eigenvalue weighted by Gasteiger charge is 2.20. The van der Waals surface area contributed by atoms with E-state index >= 15 is 0 Å². The van der Waals surface area contributed by atoms with Gasteiger partial charge in [-0.15, -0.1) is 11.3 Å². The third kappa shape index (κ3) is 7.02. The van der Waals surface area contributed by atoms with Gasteiger partial charge in [0.2, 0.25) is 0 Å². The monoisotopic (exact) mass is 534 g/mol. The molecular weight excluding hydrogens is 507 g/mol. The maximum absolute atomic E-state index is 13.7. The van der Waals surface area contributed by atoms with E-state index in [4.69, 9.17) is 0 Å². The number of hydrogen-bond acceptors (Lipinski definition) is 6. The molecule has 0 radical (unpaired) electrons. The number of thioether (sulfide) groups is 1. The first-order valence-corrected chi connectivity index (χ1v) is 14.0. The summed E-state index contributed by atoms with van der Waals surface area (Å²) in [5.74, 6) is -0.0197. The first-order chi connectivity index (χ1) is 17.9. The Morgan fingerprint density at radius 1 is 1.19 bits per heavy atom. The van der Waals surface area contributed by atoms with Gasteiger partial charge >= 0.3 is 0 Å². The summed E-state index contributed by atoms with van der Waals surface area (Å²) in [6.07, 6.45) is 11.7. The Labute approximate surface area is 223 Å². The minimum absolute atomic E-state index is 0.0853. The number of aromatic nitrogens is 3. The standard InChI is InChI=1S/C28H27FN4O2S2/c1-19(34)26(9-13-36-2)32-27(35)24-8-3-20(16-25(24)21-4-6-23(29)7-5-21)15-22(28-31-11-14-37-28)17-33-12-10-30-18-33/h3-8,10-12,14-16,18,26H,9,13,17H2,1-2H3,(H,32,35)/b22-15-. The fourth-order valence-electron chi connectivity index (χ4n) is 3.90. The molecule has 1 unspecified atom stereocenters. The van der Waals surface area contributed by atoms with E-state index in [-0.39, 0.29) is 17.5 Å². The van der Waals surface area contributed by atoms with Crippen LogP contribution in [0.15, 0.2) is 72.8 Å². The second-order valence-corrected chi connectivity index (χ2v) is 10.4. The Balaban J connectivity index is 1.74. The number of imidazole rings is 1. The van der Waals surface area contributed by atoms with Gasteiger partial charge in [0.25, 0.3) is 5.91 Å². The molecule has 0 spiro atoms. The van der Waals surface area contributed by atoms with Crippen molar-refractivity contribution in [3.05, 3.63) is 94.7 Å². The average molecular weight is 535 g/mol. The first kappa shape index (κ1) is 26.5. The van der Waals surface area contributed by atoms with E-state index in [0.29, 0.717) is 29.7 Å². The van der Waals surface area contributed by atoms with Crippen molar-refractivity contribution in [2.24, 2.45) is 0 Å². The van der Waals surface area contributed by atoms with E-state index in [1.165, 1.54) is 19.1 Å². The highest BCUT2D eigenvalue weighted by atomic mass is 32.2. The maximum Gasteiger partial charge on any atom is 0.252 e. The van der Waals surface area contributed by atoms with Crippen LogP contribution >= 0.6 is 23.1 Å². The van der Waals surface area contributed by atoms with E-state index in [1.807, 2.05) is 40.6 Å². The van der Waals surface area contributed by atoms with Crippen molar-refractivity contribution >= 4 is 46.4 Å². The predicted octanol–water partition coefficient (Wildman–Crippen LogP) is 5.83. The van der Waals surface area contributed by atoms with Crippen LogP contribution in [0.3, 0.4) is 0 Å². The van der Waals surface area contributed by atoms with Crippen LogP contribution in [0.4, 0.5) is 4.39 Å². The highest BCUT2D eigenvalue weighted by Crippen LogP contribution is 2.29. The second kappa shape index (κ2) is 12.6. The van der Waals surface area contributed by atoms with Crippen LogP contribution in [-0.2, 0) is 11.3 Å². The minimum atomic E-state index is -0.563. The van der Waals surface area contributed by atoms with Crippen LogP contribution < -0.4 is 5.32 Å². The minimum Gasteiger partial charge on any atom is -0.342 e. The van der Waals surface area contributed by atoms with E-state index < -0.39 is 6.04 Å². The lowest BCUT2D eigenvalue weighted by molar-refractivity contribution is -0.118. The number of allylic oxidation sites excluding steroid dienone is 1. The summed E-state index contributed by atoms with van der Waals surface area (Å²) in [6, 6.07) is 11.0. The smallest absolute Gasteiger partial charge is 0.252 e. The van der Waals surface area contributed by atoms with Crippen LogP contribution in [0.2, 0.25) is 0 Å². The molecular formula is C28H27FN4O2S2. The molecule has 4 rings (SSSR count). The van der Waals surface area contributed by atoms with Gasteiger partial charge in [-0.2, -0.15) is 11.8 Å². The van der Waals surface area contributed by atoms with Crippen molar-refractivity contribution in [3.8, 4) is 11.1 Å². The molecule has 2 aromatic heterocycles. The van der Waals surface area contributed by atoms with Crippen LogP contribution in [0.1, 0.15) is 34.3 Å². The molecule has 4 aromatic rings. The molecule has 0 aliphatic carbocycles. The van der Waals surface area contributed by atoms with Crippen molar-refractivity contribution < 1.29 is 14.0 Å². The molecule has 2 aromatic carbocycles. The van der Waals surface area contributed by atoms with Gasteiger partial charge in [-0.25, -0.2) is 14.4 Å². The lowest BCUT2D eigenvalue weighted by atomic mass is 9.95. The zero-order valence-corrected chi connectivity index (χ0v) is 22.2. The Kier molecular flexibility index (Phi) is 9.03. The number of amides is 1. The Hall–Kier alpha value is -3.56. The summed E-state index contributed by atoms with van der Waals surface area (Å²) in [5, 5.41) is 5.71. The summed E-state index contributed by atoms with van der Waals surface area (Å²) >= 11 is 3.17. The van der Waals surface area contributed by atoms with Gasteiger partial charge in [0.05, 0.1) is 18.9 Å². The van der Waals surface area contributed by atoms with Gasteiger partial charge in [0.1, 0.15) is 10.8 Å². The zero-order valence-electron chi connectivity index (χ0n) is 20.6. The molecule has 0 fully saturated rings. The van der Waals surface area contributed by atoms with Gasteiger partial charge in [0.15, 0.2) is 5.78 Å². The molecule has 190 valence electrons. The topological polar surface area (TPSA) is 76.9 Å². The molecule has 0 aliphatic rings. The number of benzene rings is 2. The Bertz CT molecular complexity index is 1370. The number of halogens is 1. The number of nitrogens with one attached hydrogen (secondary N) is 1. The summed E-state index contributed by atoms with van der Waals surface area (Å²) in [5.41, 5.74) is 3.63. The summed E-state index contributed by atoms with van der Waals surface area (Å²) in [6.45, 7) is 2.07. The normalized spacial score (nSPS) is 12.4. The Morgan fingerprint density at radius 2 is 2.00 bits per heavy atom. The van der Waals surface area contributed by atoms with Crippen molar-refractivity contribution in [2.75, 3.05) is 12.0 Å². The number of Topliss-reactive ketones (excluding diaryl/α,β-unsaturated/α-hetero) is 1. The van der Waals surface area contributed by atoms with Crippen molar-refractivity contribution in [3.63, 3.8) is 0 Å². The molecule has 2 heterocycles. The summed E-state index contributed by atoms with van der Waals surface area (Å²) < 4.78 is 15.7. The van der Waals surface area contributed by atoms with Gasteiger partial charge in [-0.05, 0) is 72.4 Å². The third-order valence-electron chi connectivity index (χ3n) is 5.81. The van der Waals surface area contributed by atoms with Crippen molar-refractivity contribution in [1.82, 2.24) is 19.9 Å². The Morgan fingerprint density at radius 3 is 2.65 bits per heavy atom. The molecule has 0 aliphatic heterocycles. The molecule has 1 amide bonds. The summed E-state index contributed by atoms with van der Waals surface area (Å²) in [4.78, 5) is 34.1. The van der Waals surface area contributed by atoms with Gasteiger partial charge in [-0.3, -0.25) is 9.59 Å². The molecule has 1 N–H and O–H groups in total.